The van der Waals surface area contributed by atoms with Gasteiger partial charge in [-0.15, -0.1) is 0 Å². The first kappa shape index (κ1) is 10.6. The highest BCUT2D eigenvalue weighted by Crippen LogP contribution is 2.25. The predicted molar refractivity (Wildman–Crippen MR) is 62.1 cm³/mol. The van der Waals surface area contributed by atoms with E-state index >= 15 is 0 Å². The zero-order chi connectivity index (χ0) is 11.7. The molecule has 0 radical (unpaired) electrons. The van der Waals surface area contributed by atoms with E-state index in [1.54, 1.807) is 12.1 Å². The number of nitrogens with zero attached hydrogens (tertiary/aromatic N) is 1. The van der Waals surface area contributed by atoms with E-state index in [0.717, 1.165) is 6.42 Å². The van der Waals surface area contributed by atoms with Crippen molar-refractivity contribution in [1.29, 1.82) is 0 Å². The van der Waals surface area contributed by atoms with Gasteiger partial charge < -0.3 is 0 Å². The number of amides is 2. The van der Waals surface area contributed by atoms with Gasteiger partial charge in [0.15, 0.2) is 0 Å². The fourth-order valence-corrected chi connectivity index (χ4v) is 1.75. The molecule has 3 heteroatoms. The summed E-state index contributed by atoms with van der Waals surface area (Å²) in [6.45, 7) is 5.64. The Morgan fingerprint density at radius 1 is 1.25 bits per heavy atom. The van der Waals surface area contributed by atoms with Gasteiger partial charge in [0.1, 0.15) is 0 Å². The Kier molecular flexibility index (Phi) is 2.60. The topological polar surface area (TPSA) is 37.4 Å². The molecule has 0 saturated carbocycles. The van der Waals surface area contributed by atoms with Crippen molar-refractivity contribution in [3.8, 4) is 0 Å². The second kappa shape index (κ2) is 3.93. The van der Waals surface area contributed by atoms with Crippen LogP contribution in [0.4, 0.5) is 5.69 Å². The van der Waals surface area contributed by atoms with E-state index in [1.165, 1.54) is 10.5 Å². The number of hydrogen-bond donors (Lipinski definition) is 0. The molecule has 0 bridgehead atoms. The summed E-state index contributed by atoms with van der Waals surface area (Å²) < 4.78 is 0. The molecule has 1 saturated heterocycles. The molecular weight excluding hydrogens is 202 g/mol. The molecule has 1 fully saturated rings. The van der Waals surface area contributed by atoms with Crippen molar-refractivity contribution in [1.82, 2.24) is 0 Å². The molecule has 0 unspecified atom stereocenters. The minimum absolute atomic E-state index is 0.133. The summed E-state index contributed by atoms with van der Waals surface area (Å²) in [7, 11) is 0. The van der Waals surface area contributed by atoms with Gasteiger partial charge in [0.2, 0.25) is 5.91 Å². The minimum atomic E-state index is -0.283. The molecule has 0 atom stereocenters. The summed E-state index contributed by atoms with van der Waals surface area (Å²) in [5.41, 5.74) is 2.18. The van der Waals surface area contributed by atoms with Crippen molar-refractivity contribution in [3.05, 3.63) is 42.0 Å². The highest BCUT2D eigenvalue weighted by molar-refractivity contribution is 6.27. The maximum Gasteiger partial charge on any atom is 0.260 e. The van der Waals surface area contributed by atoms with Gasteiger partial charge in [-0.05, 0) is 24.1 Å². The number of benzene rings is 1. The first-order valence-electron chi connectivity index (χ1n) is 5.27. The van der Waals surface area contributed by atoms with E-state index in [4.69, 9.17) is 0 Å². The second-order valence-corrected chi connectivity index (χ2v) is 3.83. The smallest absolute Gasteiger partial charge is 0.260 e. The maximum atomic E-state index is 11.7. The zero-order valence-corrected chi connectivity index (χ0v) is 9.19. The van der Waals surface area contributed by atoms with Gasteiger partial charge in [-0.3, -0.25) is 9.59 Å². The normalized spacial score (nSPS) is 16.1. The highest BCUT2D eigenvalue weighted by atomic mass is 16.2. The number of carbonyl (C=O) groups is 2. The Morgan fingerprint density at radius 3 is 2.31 bits per heavy atom. The maximum absolute atomic E-state index is 11.7. The molecule has 82 valence electrons. The third-order valence-electron chi connectivity index (χ3n) is 2.72. The van der Waals surface area contributed by atoms with Crippen molar-refractivity contribution in [2.45, 2.75) is 19.8 Å². The lowest BCUT2D eigenvalue weighted by Crippen LogP contribution is -2.28. The molecule has 0 aromatic heterocycles. The van der Waals surface area contributed by atoms with Crippen molar-refractivity contribution in [3.63, 3.8) is 0 Å². The summed E-state index contributed by atoms with van der Waals surface area (Å²) >= 11 is 0. The van der Waals surface area contributed by atoms with Crippen molar-refractivity contribution >= 4 is 17.5 Å². The zero-order valence-electron chi connectivity index (χ0n) is 9.19. The van der Waals surface area contributed by atoms with Gasteiger partial charge in [0.25, 0.3) is 5.91 Å². The van der Waals surface area contributed by atoms with E-state index in [1.807, 2.05) is 12.1 Å². The monoisotopic (exact) mass is 215 g/mol. The van der Waals surface area contributed by atoms with E-state index in [9.17, 15) is 9.59 Å². The molecule has 0 spiro atoms. The predicted octanol–water partition coefficient (Wildman–Crippen LogP) is 2.07. The standard InChI is InChI=1S/C13H13NO2/c1-3-10-4-6-11(7-5-10)14-12(15)8-9(2)13(14)16/h4-7H,2-3,8H2,1H3. The van der Waals surface area contributed by atoms with Crippen LogP contribution in [0.15, 0.2) is 36.4 Å². The minimum Gasteiger partial charge on any atom is -0.274 e. The van der Waals surface area contributed by atoms with Crippen LogP contribution in [-0.2, 0) is 16.0 Å². The number of rotatable bonds is 2. The summed E-state index contributed by atoms with van der Waals surface area (Å²) in [6, 6.07) is 7.45. The van der Waals surface area contributed by atoms with Crippen LogP contribution < -0.4 is 4.90 Å². The molecule has 2 rings (SSSR count). The molecule has 0 N–H and O–H groups in total. The number of hydrogen-bond acceptors (Lipinski definition) is 2. The SMILES string of the molecule is C=C1CC(=O)N(c2ccc(CC)cc2)C1=O. The number of aryl methyl sites for hydroxylation is 1. The van der Waals surface area contributed by atoms with Crippen LogP contribution in [0.2, 0.25) is 0 Å². The summed E-state index contributed by atoms with van der Waals surface area (Å²) in [5, 5.41) is 0. The summed E-state index contributed by atoms with van der Waals surface area (Å²) in [5.74, 6) is -0.478. The van der Waals surface area contributed by atoms with Crippen molar-refractivity contribution in [2.75, 3.05) is 4.90 Å². The van der Waals surface area contributed by atoms with Crippen LogP contribution in [0.3, 0.4) is 0 Å². The van der Waals surface area contributed by atoms with Gasteiger partial charge >= 0.3 is 0 Å². The summed E-state index contributed by atoms with van der Waals surface area (Å²) in [6.07, 6.45) is 1.07. The molecule has 1 aliphatic heterocycles. The van der Waals surface area contributed by atoms with Crippen molar-refractivity contribution in [2.24, 2.45) is 0 Å². The Bertz CT molecular complexity index is 459. The fraction of sp³-hybridized carbons (Fsp3) is 0.231. The van der Waals surface area contributed by atoms with Gasteiger partial charge in [-0.2, -0.15) is 0 Å². The first-order valence-corrected chi connectivity index (χ1v) is 5.27. The van der Waals surface area contributed by atoms with Gasteiger partial charge in [0, 0.05) is 5.57 Å². The van der Waals surface area contributed by atoms with Crippen LogP contribution >= 0.6 is 0 Å². The largest absolute Gasteiger partial charge is 0.274 e. The molecule has 0 aliphatic carbocycles. The van der Waals surface area contributed by atoms with Gasteiger partial charge in [0.05, 0.1) is 12.1 Å². The first-order chi connectivity index (χ1) is 7.63. The lowest BCUT2D eigenvalue weighted by Gasteiger charge is -2.13. The molecular formula is C13H13NO2. The van der Waals surface area contributed by atoms with Gasteiger partial charge in [-0.1, -0.05) is 25.6 Å². The van der Waals surface area contributed by atoms with E-state index in [0.29, 0.717) is 11.3 Å². The molecule has 1 aliphatic rings. The lowest BCUT2D eigenvalue weighted by molar-refractivity contribution is -0.120. The molecule has 3 nitrogen and oxygen atoms in total. The lowest BCUT2D eigenvalue weighted by atomic mass is 10.1. The van der Waals surface area contributed by atoms with E-state index in [-0.39, 0.29) is 18.2 Å². The van der Waals surface area contributed by atoms with E-state index < -0.39 is 0 Å². The van der Waals surface area contributed by atoms with Gasteiger partial charge in [-0.25, -0.2) is 4.90 Å². The average molecular weight is 215 g/mol. The Morgan fingerprint density at radius 2 is 1.88 bits per heavy atom. The van der Waals surface area contributed by atoms with Crippen LogP contribution in [-0.4, -0.2) is 11.8 Å². The van der Waals surface area contributed by atoms with Crippen molar-refractivity contribution < 1.29 is 9.59 Å². The highest BCUT2D eigenvalue weighted by Gasteiger charge is 2.33. The average Bonchev–Trinajstić information content (AvgIpc) is 2.54. The van der Waals surface area contributed by atoms with E-state index in [2.05, 4.69) is 13.5 Å². The second-order valence-electron chi connectivity index (χ2n) is 3.83. The van der Waals surface area contributed by atoms with Crippen LogP contribution in [0.1, 0.15) is 18.9 Å². The molecule has 2 amide bonds. The van der Waals surface area contributed by atoms with Crippen LogP contribution in [0, 0.1) is 0 Å². The number of anilines is 1. The third kappa shape index (κ3) is 1.65. The molecule has 1 heterocycles. The van der Waals surface area contributed by atoms with Crippen LogP contribution in [0.5, 0.6) is 0 Å². The number of imide groups is 1. The quantitative estimate of drug-likeness (QED) is 0.559. The Balaban J connectivity index is 2.33. The Hall–Kier alpha value is -1.90. The third-order valence-corrected chi connectivity index (χ3v) is 2.72. The number of carbonyl (C=O) groups excluding carboxylic acids is 2. The summed E-state index contributed by atoms with van der Waals surface area (Å²) in [4.78, 5) is 24.5. The molecule has 16 heavy (non-hydrogen) atoms. The van der Waals surface area contributed by atoms with Crippen LogP contribution in [0.25, 0.3) is 0 Å². The molecule has 1 aromatic carbocycles. The fourth-order valence-electron chi connectivity index (χ4n) is 1.75. The molecule has 1 aromatic rings. The Labute approximate surface area is 94.4 Å².